The van der Waals surface area contributed by atoms with E-state index in [2.05, 4.69) is 10.1 Å². The summed E-state index contributed by atoms with van der Waals surface area (Å²) in [5.74, 6) is -0.520. The molecule has 0 radical (unpaired) electrons. The zero-order valence-corrected chi connectivity index (χ0v) is 8.12. The van der Waals surface area contributed by atoms with Gasteiger partial charge in [0, 0.05) is 6.61 Å². The van der Waals surface area contributed by atoms with Gasteiger partial charge in [-0.25, -0.2) is 4.79 Å². The lowest BCUT2D eigenvalue weighted by atomic mass is 10.3. The Kier molecular flexibility index (Phi) is 7.53. The predicted octanol–water partition coefficient (Wildman–Crippen LogP) is -0.342. The van der Waals surface area contributed by atoms with Crippen LogP contribution in [0.25, 0.3) is 0 Å². The van der Waals surface area contributed by atoms with Crippen LogP contribution in [0.5, 0.6) is 0 Å². The molecule has 0 spiro atoms. The SMILES string of the molecule is COC(=O)NCC(=O)OCCCCO. The predicted molar refractivity (Wildman–Crippen MR) is 47.7 cm³/mol. The highest BCUT2D eigenvalue weighted by molar-refractivity contribution is 5.77. The Balaban J connectivity index is 3.32. The van der Waals surface area contributed by atoms with Crippen LogP contribution in [0.15, 0.2) is 0 Å². The zero-order chi connectivity index (χ0) is 10.8. The summed E-state index contributed by atoms with van der Waals surface area (Å²) in [5, 5.41) is 10.6. The van der Waals surface area contributed by atoms with E-state index in [0.717, 1.165) is 0 Å². The van der Waals surface area contributed by atoms with Gasteiger partial charge >= 0.3 is 12.1 Å². The van der Waals surface area contributed by atoms with Gasteiger partial charge < -0.3 is 19.9 Å². The van der Waals surface area contributed by atoms with Crippen molar-refractivity contribution < 1.29 is 24.2 Å². The van der Waals surface area contributed by atoms with Gasteiger partial charge in [0.05, 0.1) is 13.7 Å². The Labute approximate surface area is 82.2 Å². The van der Waals surface area contributed by atoms with Crippen molar-refractivity contribution >= 4 is 12.1 Å². The molecule has 6 nitrogen and oxygen atoms in total. The van der Waals surface area contributed by atoms with E-state index in [4.69, 9.17) is 9.84 Å². The van der Waals surface area contributed by atoms with Crippen molar-refractivity contribution in [2.24, 2.45) is 0 Å². The number of rotatable bonds is 6. The number of ether oxygens (including phenoxy) is 2. The first-order chi connectivity index (χ1) is 6.70. The molecule has 0 saturated carbocycles. The number of methoxy groups -OCH3 is 1. The molecule has 0 aromatic rings. The van der Waals surface area contributed by atoms with Crippen LogP contribution < -0.4 is 5.32 Å². The molecule has 0 atom stereocenters. The van der Waals surface area contributed by atoms with Crippen molar-refractivity contribution in [1.82, 2.24) is 5.32 Å². The summed E-state index contributed by atoms with van der Waals surface area (Å²) in [7, 11) is 1.21. The third-order valence-electron chi connectivity index (χ3n) is 1.38. The fourth-order valence-electron chi connectivity index (χ4n) is 0.667. The number of alkyl carbamates (subject to hydrolysis) is 1. The highest BCUT2D eigenvalue weighted by Gasteiger charge is 2.05. The maximum Gasteiger partial charge on any atom is 0.407 e. The van der Waals surface area contributed by atoms with Gasteiger partial charge in [-0.05, 0) is 12.8 Å². The molecule has 0 unspecified atom stereocenters. The van der Waals surface area contributed by atoms with Crippen LogP contribution in [0.1, 0.15) is 12.8 Å². The van der Waals surface area contributed by atoms with Gasteiger partial charge in [-0.15, -0.1) is 0 Å². The average Bonchev–Trinajstić information content (AvgIpc) is 2.21. The number of carbonyl (C=O) groups is 2. The molecule has 0 aliphatic rings. The molecule has 14 heavy (non-hydrogen) atoms. The Bertz CT molecular complexity index is 183. The Morgan fingerprint density at radius 3 is 2.64 bits per heavy atom. The average molecular weight is 205 g/mol. The molecule has 0 bridgehead atoms. The number of aliphatic hydroxyl groups excluding tert-OH is 1. The van der Waals surface area contributed by atoms with E-state index < -0.39 is 12.1 Å². The van der Waals surface area contributed by atoms with E-state index in [9.17, 15) is 9.59 Å². The smallest absolute Gasteiger partial charge is 0.407 e. The van der Waals surface area contributed by atoms with Gasteiger partial charge in [-0.3, -0.25) is 4.79 Å². The van der Waals surface area contributed by atoms with Crippen molar-refractivity contribution in [3.8, 4) is 0 Å². The van der Waals surface area contributed by atoms with Crippen molar-refractivity contribution in [1.29, 1.82) is 0 Å². The summed E-state index contributed by atoms with van der Waals surface area (Å²) in [4.78, 5) is 21.4. The van der Waals surface area contributed by atoms with Crippen LogP contribution in [0, 0.1) is 0 Å². The summed E-state index contributed by atoms with van der Waals surface area (Å²) in [6, 6.07) is 0. The highest BCUT2D eigenvalue weighted by Crippen LogP contribution is 1.88. The van der Waals surface area contributed by atoms with E-state index in [0.29, 0.717) is 12.8 Å². The second kappa shape index (κ2) is 8.31. The van der Waals surface area contributed by atoms with Crippen molar-refractivity contribution in [3.63, 3.8) is 0 Å². The fraction of sp³-hybridized carbons (Fsp3) is 0.750. The van der Waals surface area contributed by atoms with E-state index in [-0.39, 0.29) is 19.8 Å². The van der Waals surface area contributed by atoms with Gasteiger partial charge in [-0.2, -0.15) is 0 Å². The number of unbranched alkanes of at least 4 members (excludes halogenated alkanes) is 1. The molecule has 2 N–H and O–H groups in total. The molecule has 1 amide bonds. The maximum absolute atomic E-state index is 10.9. The minimum Gasteiger partial charge on any atom is -0.464 e. The first-order valence-electron chi connectivity index (χ1n) is 4.29. The third-order valence-corrected chi connectivity index (χ3v) is 1.38. The van der Waals surface area contributed by atoms with Crippen molar-refractivity contribution in [2.45, 2.75) is 12.8 Å². The van der Waals surface area contributed by atoms with Crippen molar-refractivity contribution in [3.05, 3.63) is 0 Å². The number of carbonyl (C=O) groups excluding carboxylic acids is 2. The van der Waals surface area contributed by atoms with Crippen LogP contribution in [-0.4, -0.2) is 44.0 Å². The number of nitrogens with one attached hydrogen (secondary N) is 1. The topological polar surface area (TPSA) is 84.9 Å². The summed E-state index contributed by atoms with van der Waals surface area (Å²) in [6.07, 6.45) is 0.537. The molecule has 0 rings (SSSR count). The van der Waals surface area contributed by atoms with E-state index in [1.165, 1.54) is 7.11 Å². The summed E-state index contributed by atoms with van der Waals surface area (Å²) < 4.78 is 8.97. The first-order valence-corrected chi connectivity index (χ1v) is 4.29. The lowest BCUT2D eigenvalue weighted by Gasteiger charge is -2.04. The second-order valence-electron chi connectivity index (χ2n) is 2.50. The van der Waals surface area contributed by atoms with Gasteiger partial charge in [0.15, 0.2) is 0 Å². The Hall–Kier alpha value is -1.30. The summed E-state index contributed by atoms with van der Waals surface area (Å²) >= 11 is 0. The van der Waals surface area contributed by atoms with Gasteiger partial charge in [-0.1, -0.05) is 0 Å². The number of hydrogen-bond acceptors (Lipinski definition) is 5. The molecular weight excluding hydrogens is 190 g/mol. The van der Waals surface area contributed by atoms with Crippen LogP contribution in [0.2, 0.25) is 0 Å². The maximum atomic E-state index is 10.9. The monoisotopic (exact) mass is 205 g/mol. The first kappa shape index (κ1) is 12.7. The molecule has 0 aliphatic carbocycles. The largest absolute Gasteiger partial charge is 0.464 e. The Morgan fingerprint density at radius 1 is 1.36 bits per heavy atom. The van der Waals surface area contributed by atoms with E-state index in [1.54, 1.807) is 0 Å². The van der Waals surface area contributed by atoms with Crippen LogP contribution >= 0.6 is 0 Å². The highest BCUT2D eigenvalue weighted by atomic mass is 16.5. The molecule has 6 heteroatoms. The lowest BCUT2D eigenvalue weighted by Crippen LogP contribution is -2.30. The minimum absolute atomic E-state index is 0.0813. The lowest BCUT2D eigenvalue weighted by molar-refractivity contribution is -0.142. The summed E-state index contributed by atoms with van der Waals surface area (Å²) in [6.45, 7) is 0.131. The molecule has 0 saturated heterocycles. The van der Waals surface area contributed by atoms with Gasteiger partial charge in [0.25, 0.3) is 0 Å². The quantitative estimate of drug-likeness (QED) is 0.457. The zero-order valence-electron chi connectivity index (χ0n) is 8.12. The number of hydrogen-bond donors (Lipinski definition) is 2. The molecule has 0 aromatic carbocycles. The second-order valence-corrected chi connectivity index (χ2v) is 2.50. The van der Waals surface area contributed by atoms with Gasteiger partial charge in [0.2, 0.25) is 0 Å². The standard InChI is InChI=1S/C8H15NO5/c1-13-8(12)9-6-7(11)14-5-3-2-4-10/h10H,2-6H2,1H3,(H,9,12). The molecular formula is C8H15NO5. The van der Waals surface area contributed by atoms with Crippen molar-refractivity contribution in [2.75, 3.05) is 26.9 Å². The number of esters is 1. The Morgan fingerprint density at radius 2 is 2.07 bits per heavy atom. The van der Waals surface area contributed by atoms with Crippen LogP contribution in [-0.2, 0) is 14.3 Å². The fourth-order valence-corrected chi connectivity index (χ4v) is 0.667. The van der Waals surface area contributed by atoms with Gasteiger partial charge in [0.1, 0.15) is 6.54 Å². The van der Waals surface area contributed by atoms with E-state index in [1.807, 2.05) is 0 Å². The summed E-state index contributed by atoms with van der Waals surface area (Å²) in [5.41, 5.74) is 0. The third kappa shape index (κ3) is 7.35. The van der Waals surface area contributed by atoms with E-state index >= 15 is 0 Å². The molecule has 0 aliphatic heterocycles. The van der Waals surface area contributed by atoms with Crippen LogP contribution in [0.4, 0.5) is 4.79 Å². The number of aliphatic hydroxyl groups is 1. The molecule has 0 aromatic heterocycles. The minimum atomic E-state index is -0.669. The van der Waals surface area contributed by atoms with Crippen LogP contribution in [0.3, 0.4) is 0 Å². The normalized spacial score (nSPS) is 9.29. The molecule has 82 valence electrons. The molecule has 0 fully saturated rings. The molecule has 0 heterocycles. The number of amides is 1.